The number of alkyl halides is 3. The molecule has 2 heterocycles. The number of hydrogen-bond donors (Lipinski definition) is 2. The minimum Gasteiger partial charge on any atom is -0.475 e. The van der Waals surface area contributed by atoms with Gasteiger partial charge in [-0.05, 0) is 57.1 Å². The molecule has 0 aromatic heterocycles. The summed E-state index contributed by atoms with van der Waals surface area (Å²) in [5.74, 6) is -5.15. The van der Waals surface area contributed by atoms with Crippen LogP contribution in [0.2, 0.25) is 0 Å². The molecule has 0 saturated carbocycles. The van der Waals surface area contributed by atoms with Gasteiger partial charge in [-0.15, -0.1) is 0 Å². The lowest BCUT2D eigenvalue weighted by atomic mass is 10.1. The number of carboxylic acid groups (broad SMARTS) is 1. The van der Waals surface area contributed by atoms with E-state index in [-0.39, 0.29) is 30.3 Å². The molecule has 1 aromatic rings. The largest absolute Gasteiger partial charge is 0.490 e. The Hall–Kier alpha value is -2.36. The second-order valence-corrected chi connectivity index (χ2v) is 10.9. The Morgan fingerprint density at radius 1 is 0.974 bits per heavy atom. The van der Waals surface area contributed by atoms with Gasteiger partial charge in [0.25, 0.3) is 0 Å². The van der Waals surface area contributed by atoms with Gasteiger partial charge in [0.2, 0.25) is 15.9 Å². The Morgan fingerprint density at radius 3 is 2.13 bits per heavy atom. The highest BCUT2D eigenvalue weighted by molar-refractivity contribution is 7.89. The molecule has 0 unspecified atom stereocenters. The van der Waals surface area contributed by atoms with E-state index in [0.29, 0.717) is 25.6 Å². The number of benzene rings is 1. The Labute approximate surface area is 218 Å². The van der Waals surface area contributed by atoms with E-state index in [9.17, 15) is 35.2 Å². The first-order chi connectivity index (χ1) is 17.8. The highest BCUT2D eigenvalue weighted by Crippen LogP contribution is 2.20. The van der Waals surface area contributed by atoms with Crippen molar-refractivity contribution in [2.45, 2.75) is 43.2 Å². The number of nitrogens with zero attached hydrogens (tertiary/aromatic N) is 3. The topological polar surface area (TPSA) is 110 Å². The van der Waals surface area contributed by atoms with Crippen molar-refractivity contribution in [2.75, 3.05) is 58.9 Å². The molecule has 2 aliphatic heterocycles. The minimum absolute atomic E-state index is 0.0179. The fraction of sp³-hybridized carbons (Fsp3) is 0.652. The van der Waals surface area contributed by atoms with Gasteiger partial charge in [-0.3, -0.25) is 4.79 Å². The summed E-state index contributed by atoms with van der Waals surface area (Å²) in [6.45, 7) is 5.69. The number of piperazine rings is 1. The van der Waals surface area contributed by atoms with Gasteiger partial charge in [-0.25, -0.2) is 22.0 Å². The van der Waals surface area contributed by atoms with E-state index < -0.39 is 33.8 Å². The summed E-state index contributed by atoms with van der Waals surface area (Å²) in [5.41, 5.74) is 0. The summed E-state index contributed by atoms with van der Waals surface area (Å²) >= 11 is 0. The van der Waals surface area contributed by atoms with Crippen molar-refractivity contribution in [1.29, 1.82) is 0 Å². The lowest BCUT2D eigenvalue weighted by Gasteiger charge is -2.30. The van der Waals surface area contributed by atoms with E-state index >= 15 is 0 Å². The summed E-state index contributed by atoms with van der Waals surface area (Å²) < 4.78 is 86.3. The molecular formula is C23H33F5N4O5S. The summed E-state index contributed by atoms with van der Waals surface area (Å²) in [7, 11) is -4.04. The van der Waals surface area contributed by atoms with Crippen molar-refractivity contribution in [3.8, 4) is 0 Å². The van der Waals surface area contributed by atoms with Crippen LogP contribution >= 0.6 is 0 Å². The molecule has 2 aliphatic rings. The third-order valence-electron chi connectivity index (χ3n) is 6.15. The number of aliphatic carboxylic acids is 1. The fourth-order valence-electron chi connectivity index (χ4n) is 4.08. The molecule has 216 valence electrons. The molecule has 2 fully saturated rings. The predicted octanol–water partition coefficient (Wildman–Crippen LogP) is 2.29. The molecule has 0 aliphatic carbocycles. The molecule has 3 rings (SSSR count). The number of carboxylic acids is 1. The molecule has 2 N–H and O–H groups in total. The Morgan fingerprint density at radius 2 is 1.58 bits per heavy atom. The van der Waals surface area contributed by atoms with Crippen molar-refractivity contribution in [1.82, 2.24) is 19.4 Å². The van der Waals surface area contributed by atoms with Crippen LogP contribution < -0.4 is 5.32 Å². The molecule has 0 spiro atoms. The molecule has 9 nitrogen and oxygen atoms in total. The van der Waals surface area contributed by atoms with Crippen molar-refractivity contribution in [2.24, 2.45) is 0 Å². The highest BCUT2D eigenvalue weighted by Gasteiger charge is 2.38. The predicted molar refractivity (Wildman–Crippen MR) is 128 cm³/mol. The lowest BCUT2D eigenvalue weighted by molar-refractivity contribution is -0.192. The maximum Gasteiger partial charge on any atom is 0.490 e. The number of piperidine rings is 1. The number of likely N-dealkylation sites (tertiary alicyclic amines) is 1. The van der Waals surface area contributed by atoms with Crippen molar-refractivity contribution < 1.29 is 45.1 Å². The van der Waals surface area contributed by atoms with E-state index in [1.54, 1.807) is 4.90 Å². The van der Waals surface area contributed by atoms with Gasteiger partial charge in [0, 0.05) is 45.7 Å². The Kier molecular flexibility index (Phi) is 12.3. The third-order valence-corrected chi connectivity index (χ3v) is 8.04. The number of nitrogens with one attached hydrogen (secondary N) is 1. The summed E-state index contributed by atoms with van der Waals surface area (Å²) in [5, 5.41) is 10.3. The smallest absolute Gasteiger partial charge is 0.475 e. The van der Waals surface area contributed by atoms with Crippen molar-refractivity contribution in [3.05, 3.63) is 29.8 Å². The molecule has 1 amide bonds. The molecule has 0 bridgehead atoms. The average molecular weight is 573 g/mol. The summed E-state index contributed by atoms with van der Waals surface area (Å²) in [6, 6.07) is 2.60. The number of hydrogen-bond acceptors (Lipinski definition) is 6. The first-order valence-corrected chi connectivity index (χ1v) is 13.7. The molecule has 15 heteroatoms. The normalized spacial score (nSPS) is 17.2. The molecular weight excluding hydrogens is 539 g/mol. The van der Waals surface area contributed by atoms with Gasteiger partial charge >= 0.3 is 12.1 Å². The zero-order chi connectivity index (χ0) is 28.3. The maximum absolute atomic E-state index is 13.7. The van der Waals surface area contributed by atoms with Gasteiger partial charge in [0.1, 0.15) is 0 Å². The highest BCUT2D eigenvalue weighted by atomic mass is 32.2. The molecule has 1 aromatic carbocycles. The van der Waals surface area contributed by atoms with E-state index in [0.717, 1.165) is 57.7 Å². The van der Waals surface area contributed by atoms with E-state index in [4.69, 9.17) is 9.90 Å². The Balaban J connectivity index is 0.000000638. The van der Waals surface area contributed by atoms with Crippen LogP contribution in [-0.4, -0.2) is 105 Å². The second-order valence-electron chi connectivity index (χ2n) is 8.92. The van der Waals surface area contributed by atoms with Gasteiger partial charge in [-0.2, -0.15) is 17.5 Å². The Bertz CT molecular complexity index is 1030. The summed E-state index contributed by atoms with van der Waals surface area (Å²) in [6.07, 6.45) is -0.884. The monoisotopic (exact) mass is 572 g/mol. The van der Waals surface area contributed by atoms with Crippen LogP contribution in [0.5, 0.6) is 0 Å². The standard InChI is InChI=1S/C21H32F2N4O3S.C2HF3O2/c22-19-6-5-18(17-20(19)23)31(29,30)27(13-4-12-25-10-2-1-3-11-25)14-7-21(28)26-15-8-24-9-16-26;3-2(4,5)1(6)7/h5-6,17,24H,1-4,7-16H2;(H,6,7). The average Bonchev–Trinajstić information content (AvgIpc) is 2.88. The second kappa shape index (κ2) is 14.7. The molecule has 38 heavy (non-hydrogen) atoms. The number of amides is 1. The van der Waals surface area contributed by atoms with Crippen LogP contribution in [0, 0.1) is 11.6 Å². The van der Waals surface area contributed by atoms with Gasteiger partial charge in [-0.1, -0.05) is 6.42 Å². The SMILES string of the molecule is O=C(CCN(CCCN1CCCCC1)S(=O)(=O)c1ccc(F)c(F)c1)N1CCNCC1.O=C(O)C(F)(F)F. The van der Waals surface area contributed by atoms with E-state index in [1.807, 2.05) is 0 Å². The van der Waals surface area contributed by atoms with Crippen LogP contribution in [0.25, 0.3) is 0 Å². The number of rotatable bonds is 9. The maximum atomic E-state index is 13.7. The van der Waals surface area contributed by atoms with E-state index in [1.165, 1.54) is 10.7 Å². The first-order valence-electron chi connectivity index (χ1n) is 12.3. The number of carbonyl (C=O) groups excluding carboxylic acids is 1. The molecule has 0 radical (unpaired) electrons. The van der Waals surface area contributed by atoms with Gasteiger partial charge in [0.05, 0.1) is 4.90 Å². The third kappa shape index (κ3) is 10.1. The van der Waals surface area contributed by atoms with Crippen LogP contribution in [0.3, 0.4) is 0 Å². The van der Waals surface area contributed by atoms with Crippen molar-refractivity contribution in [3.63, 3.8) is 0 Å². The van der Waals surface area contributed by atoms with Gasteiger partial charge < -0.3 is 20.2 Å². The van der Waals surface area contributed by atoms with Crippen LogP contribution in [0.1, 0.15) is 32.1 Å². The quantitative estimate of drug-likeness (QED) is 0.437. The van der Waals surface area contributed by atoms with Crippen molar-refractivity contribution >= 4 is 21.9 Å². The number of sulfonamides is 1. The van der Waals surface area contributed by atoms with Gasteiger partial charge in [0.15, 0.2) is 11.6 Å². The van der Waals surface area contributed by atoms with Crippen LogP contribution in [0.15, 0.2) is 23.1 Å². The lowest BCUT2D eigenvalue weighted by Crippen LogP contribution is -2.47. The van der Waals surface area contributed by atoms with E-state index in [2.05, 4.69) is 10.2 Å². The zero-order valence-electron chi connectivity index (χ0n) is 20.9. The first kappa shape index (κ1) is 31.9. The number of halogens is 5. The minimum atomic E-state index is -5.08. The van der Waals surface area contributed by atoms with Crippen LogP contribution in [0.4, 0.5) is 22.0 Å². The van der Waals surface area contributed by atoms with Crippen LogP contribution in [-0.2, 0) is 19.6 Å². The zero-order valence-corrected chi connectivity index (χ0v) is 21.7. The molecule has 0 atom stereocenters. The number of carbonyl (C=O) groups is 2. The fourth-order valence-corrected chi connectivity index (χ4v) is 5.58. The summed E-state index contributed by atoms with van der Waals surface area (Å²) in [4.78, 5) is 25.2. The molecule has 2 saturated heterocycles.